The van der Waals surface area contributed by atoms with Gasteiger partial charge in [0, 0.05) is 12.0 Å². The molecule has 0 fully saturated rings. The van der Waals surface area contributed by atoms with Gasteiger partial charge in [-0.15, -0.1) is 0 Å². The van der Waals surface area contributed by atoms with Crippen molar-refractivity contribution in [3.63, 3.8) is 0 Å². The van der Waals surface area contributed by atoms with Crippen LogP contribution < -0.4 is 9.47 Å². The molecule has 1 aliphatic heterocycles. The molecule has 0 radical (unpaired) electrons. The first-order chi connectivity index (χ1) is 12.1. The average molecular weight is 381 g/mol. The number of carbonyl (C=O) groups is 2. The predicted octanol–water partition coefficient (Wildman–Crippen LogP) is 4.19. The van der Waals surface area contributed by atoms with Crippen LogP contribution in [-0.2, 0) is 4.74 Å². The third kappa shape index (κ3) is 4.06. The zero-order chi connectivity index (χ0) is 17.8. The lowest BCUT2D eigenvalue weighted by molar-refractivity contribution is 0.0475. The highest BCUT2D eigenvalue weighted by atomic mass is 35.5. The number of esters is 1. The molecule has 3 rings (SSSR count). The Morgan fingerprint density at radius 1 is 1.04 bits per heavy atom. The molecule has 2 aromatic carbocycles. The van der Waals surface area contributed by atoms with Gasteiger partial charge in [-0.3, -0.25) is 4.79 Å². The molecule has 0 amide bonds. The molecule has 0 saturated carbocycles. The molecule has 25 heavy (non-hydrogen) atoms. The number of halogens is 2. The molecule has 0 aromatic heterocycles. The number of ketones is 1. The van der Waals surface area contributed by atoms with Gasteiger partial charge in [-0.1, -0.05) is 29.3 Å². The molecular formula is C18H14Cl2O5. The largest absolute Gasteiger partial charge is 0.490 e. The van der Waals surface area contributed by atoms with E-state index in [0.717, 1.165) is 6.42 Å². The quantitative estimate of drug-likeness (QED) is 0.587. The highest BCUT2D eigenvalue weighted by Crippen LogP contribution is 2.30. The van der Waals surface area contributed by atoms with Gasteiger partial charge >= 0.3 is 5.97 Å². The minimum atomic E-state index is -0.713. The summed E-state index contributed by atoms with van der Waals surface area (Å²) in [5.74, 6) is 0.0293. The van der Waals surface area contributed by atoms with Crippen molar-refractivity contribution in [1.82, 2.24) is 0 Å². The molecule has 0 saturated heterocycles. The number of carbonyl (C=O) groups excluding carboxylic acids is 2. The van der Waals surface area contributed by atoms with Crippen LogP contribution in [0.5, 0.6) is 11.5 Å². The first-order valence-corrected chi connectivity index (χ1v) is 8.36. The van der Waals surface area contributed by atoms with Gasteiger partial charge in [-0.25, -0.2) is 4.79 Å². The normalized spacial score (nSPS) is 13.0. The zero-order valence-corrected chi connectivity index (χ0v) is 14.6. The maximum Gasteiger partial charge on any atom is 0.340 e. The number of rotatable bonds is 4. The molecule has 2 aromatic rings. The van der Waals surface area contributed by atoms with Gasteiger partial charge in [0.1, 0.15) is 0 Å². The van der Waals surface area contributed by atoms with Crippen LogP contribution in [0.1, 0.15) is 27.1 Å². The van der Waals surface area contributed by atoms with E-state index in [9.17, 15) is 9.59 Å². The van der Waals surface area contributed by atoms with E-state index in [4.69, 9.17) is 37.4 Å². The molecule has 7 heteroatoms. The Labute approximate surface area is 154 Å². The second-order valence-corrected chi connectivity index (χ2v) is 6.10. The van der Waals surface area contributed by atoms with Crippen LogP contribution in [-0.4, -0.2) is 31.6 Å². The van der Waals surface area contributed by atoms with Crippen molar-refractivity contribution < 1.29 is 23.8 Å². The van der Waals surface area contributed by atoms with Crippen molar-refractivity contribution in [2.75, 3.05) is 19.8 Å². The number of hydrogen-bond donors (Lipinski definition) is 0. The maximum atomic E-state index is 12.3. The molecule has 0 N–H and O–H groups in total. The molecule has 0 spiro atoms. The highest BCUT2D eigenvalue weighted by molar-refractivity contribution is 6.43. The van der Waals surface area contributed by atoms with Crippen molar-refractivity contribution in [2.45, 2.75) is 6.42 Å². The summed E-state index contributed by atoms with van der Waals surface area (Å²) in [6.07, 6.45) is 0.774. The summed E-state index contributed by atoms with van der Waals surface area (Å²) >= 11 is 11.8. The van der Waals surface area contributed by atoms with E-state index >= 15 is 0 Å². The van der Waals surface area contributed by atoms with Gasteiger partial charge in [-0.2, -0.15) is 0 Å². The van der Waals surface area contributed by atoms with Crippen LogP contribution in [0.3, 0.4) is 0 Å². The van der Waals surface area contributed by atoms with Gasteiger partial charge in [0.15, 0.2) is 23.9 Å². The van der Waals surface area contributed by atoms with Crippen molar-refractivity contribution >= 4 is 35.0 Å². The minimum Gasteiger partial charge on any atom is -0.490 e. The maximum absolute atomic E-state index is 12.3. The third-order valence-corrected chi connectivity index (χ3v) is 4.39. The van der Waals surface area contributed by atoms with E-state index < -0.39 is 12.6 Å². The average Bonchev–Trinajstić information content (AvgIpc) is 2.86. The van der Waals surface area contributed by atoms with Gasteiger partial charge < -0.3 is 14.2 Å². The molecule has 130 valence electrons. The summed E-state index contributed by atoms with van der Waals surface area (Å²) in [5.41, 5.74) is 0.481. The molecule has 1 aliphatic rings. The van der Waals surface area contributed by atoms with Gasteiger partial charge in [0.25, 0.3) is 0 Å². The molecule has 0 bridgehead atoms. The summed E-state index contributed by atoms with van der Waals surface area (Å²) in [4.78, 5) is 24.3. The Morgan fingerprint density at radius 2 is 1.80 bits per heavy atom. The zero-order valence-electron chi connectivity index (χ0n) is 13.1. The van der Waals surface area contributed by atoms with Gasteiger partial charge in [-0.05, 0) is 30.3 Å². The SMILES string of the molecule is O=C(COC(=O)c1cccc(Cl)c1Cl)c1ccc2c(c1)OCCCO2. The van der Waals surface area contributed by atoms with E-state index in [0.29, 0.717) is 30.3 Å². The van der Waals surface area contributed by atoms with Crippen molar-refractivity contribution in [3.8, 4) is 11.5 Å². The number of Topliss-reactive ketones (excluding diaryl/α,β-unsaturated/α-hetero) is 1. The molecular weight excluding hydrogens is 367 g/mol. The number of benzene rings is 2. The fourth-order valence-corrected chi connectivity index (χ4v) is 2.67. The van der Waals surface area contributed by atoms with Crippen molar-refractivity contribution in [3.05, 3.63) is 57.6 Å². The van der Waals surface area contributed by atoms with Crippen molar-refractivity contribution in [2.24, 2.45) is 0 Å². The second kappa shape index (κ2) is 7.76. The Bertz CT molecular complexity index is 819. The number of hydrogen-bond acceptors (Lipinski definition) is 5. The Morgan fingerprint density at radius 3 is 2.60 bits per heavy atom. The highest BCUT2D eigenvalue weighted by Gasteiger charge is 2.18. The van der Waals surface area contributed by atoms with Crippen LogP contribution >= 0.6 is 23.2 Å². The number of fused-ring (bicyclic) bond motifs is 1. The first-order valence-electron chi connectivity index (χ1n) is 7.60. The number of ether oxygens (including phenoxy) is 3. The van der Waals surface area contributed by atoms with Gasteiger partial charge in [0.05, 0.1) is 28.8 Å². The molecule has 0 unspecified atom stereocenters. The summed E-state index contributed by atoms with van der Waals surface area (Å²) in [5, 5.41) is 0.336. The van der Waals surface area contributed by atoms with E-state index in [2.05, 4.69) is 0 Å². The summed E-state index contributed by atoms with van der Waals surface area (Å²) < 4.78 is 16.1. The molecule has 0 atom stereocenters. The van der Waals surface area contributed by atoms with Crippen LogP contribution in [0.25, 0.3) is 0 Å². The fourth-order valence-electron chi connectivity index (χ4n) is 2.29. The van der Waals surface area contributed by atoms with Crippen LogP contribution in [0, 0.1) is 0 Å². The molecule has 1 heterocycles. The van der Waals surface area contributed by atoms with Crippen LogP contribution in [0.2, 0.25) is 10.0 Å². The third-order valence-electron chi connectivity index (χ3n) is 3.58. The molecule has 0 aliphatic carbocycles. The van der Waals surface area contributed by atoms with Gasteiger partial charge in [0.2, 0.25) is 0 Å². The Kier molecular flexibility index (Phi) is 5.46. The van der Waals surface area contributed by atoms with Crippen LogP contribution in [0.4, 0.5) is 0 Å². The Hall–Kier alpha value is -2.24. The van der Waals surface area contributed by atoms with Crippen molar-refractivity contribution in [1.29, 1.82) is 0 Å². The minimum absolute atomic E-state index is 0.0946. The van der Waals surface area contributed by atoms with E-state index in [1.165, 1.54) is 6.07 Å². The Balaban J connectivity index is 1.67. The first kappa shape index (κ1) is 17.6. The summed E-state index contributed by atoms with van der Waals surface area (Å²) in [6.45, 7) is 0.673. The lowest BCUT2D eigenvalue weighted by Gasteiger charge is -2.09. The second-order valence-electron chi connectivity index (χ2n) is 5.31. The van der Waals surface area contributed by atoms with Crippen LogP contribution in [0.15, 0.2) is 36.4 Å². The summed E-state index contributed by atoms with van der Waals surface area (Å²) in [6, 6.07) is 9.48. The fraction of sp³-hybridized carbons (Fsp3) is 0.222. The lowest BCUT2D eigenvalue weighted by Crippen LogP contribution is -2.14. The van der Waals surface area contributed by atoms with E-state index in [1.807, 2.05) is 0 Å². The molecule has 5 nitrogen and oxygen atoms in total. The summed E-state index contributed by atoms with van der Waals surface area (Å²) in [7, 11) is 0. The monoisotopic (exact) mass is 380 g/mol. The smallest absolute Gasteiger partial charge is 0.340 e. The lowest BCUT2D eigenvalue weighted by atomic mass is 10.1. The standard InChI is InChI=1S/C18H14Cl2O5/c19-13-4-1-3-12(17(13)20)18(22)25-10-14(21)11-5-6-15-16(9-11)24-8-2-7-23-15/h1,3-6,9H,2,7-8,10H2. The van der Waals surface area contributed by atoms with E-state index in [-0.39, 0.29) is 21.4 Å². The topological polar surface area (TPSA) is 61.8 Å². The predicted molar refractivity (Wildman–Crippen MR) is 93.1 cm³/mol. The van der Waals surface area contributed by atoms with E-state index in [1.54, 1.807) is 30.3 Å².